The number of aromatic nitrogens is 2. The molecule has 0 radical (unpaired) electrons. The number of hydrogen-bond acceptors (Lipinski definition) is 8. The predicted molar refractivity (Wildman–Crippen MR) is 113 cm³/mol. The minimum atomic E-state index is -0.137. The summed E-state index contributed by atoms with van der Waals surface area (Å²) < 4.78 is 10.6. The van der Waals surface area contributed by atoms with E-state index in [0.29, 0.717) is 33.2 Å². The zero-order chi connectivity index (χ0) is 20.1. The largest absolute Gasteiger partial charge is 0.497 e. The first-order chi connectivity index (χ1) is 13.6. The van der Waals surface area contributed by atoms with Gasteiger partial charge in [0.15, 0.2) is 5.17 Å². The molecule has 1 aliphatic heterocycles. The van der Waals surface area contributed by atoms with E-state index in [-0.39, 0.29) is 5.91 Å². The number of carbonyl (C=O) groups excluding carboxylic acids is 1. The molecule has 1 aliphatic rings. The Bertz CT molecular complexity index is 952. The molecule has 146 valence electrons. The number of amidine groups is 1. The number of aliphatic imine (C=N–C) groups is 1. The lowest BCUT2D eigenvalue weighted by atomic mass is 10.1. The first kappa shape index (κ1) is 20.1. The normalized spacial score (nSPS) is 16.8. The molecule has 3 rings (SSSR count). The molecule has 0 aliphatic carbocycles. The molecule has 1 saturated heterocycles. The molecule has 28 heavy (non-hydrogen) atoms. The number of hydrogen-bond donors (Lipinski definition) is 0. The molecule has 0 unspecified atom stereocenters. The molecule has 1 aromatic carbocycles. The quantitative estimate of drug-likeness (QED) is 0.503. The lowest BCUT2D eigenvalue weighted by molar-refractivity contribution is -0.121. The van der Waals surface area contributed by atoms with E-state index >= 15 is 0 Å². The van der Waals surface area contributed by atoms with Gasteiger partial charge in [0.1, 0.15) is 16.5 Å². The van der Waals surface area contributed by atoms with Gasteiger partial charge >= 0.3 is 0 Å². The van der Waals surface area contributed by atoms with Crippen molar-refractivity contribution < 1.29 is 14.3 Å². The van der Waals surface area contributed by atoms with Crippen LogP contribution in [0, 0.1) is 0 Å². The van der Waals surface area contributed by atoms with Crippen molar-refractivity contribution in [3.8, 4) is 11.5 Å². The van der Waals surface area contributed by atoms with Crippen molar-refractivity contribution in [2.24, 2.45) is 4.99 Å². The van der Waals surface area contributed by atoms with E-state index in [1.165, 1.54) is 23.1 Å². The summed E-state index contributed by atoms with van der Waals surface area (Å²) in [6.45, 7) is 6.11. The molecule has 1 amide bonds. The van der Waals surface area contributed by atoms with E-state index in [2.05, 4.69) is 21.8 Å². The number of amides is 1. The van der Waals surface area contributed by atoms with E-state index in [9.17, 15) is 4.79 Å². The van der Waals surface area contributed by atoms with Gasteiger partial charge < -0.3 is 9.47 Å². The average molecular weight is 417 g/mol. The molecule has 0 bridgehead atoms. The lowest BCUT2D eigenvalue weighted by Gasteiger charge is -2.11. The lowest BCUT2D eigenvalue weighted by Crippen LogP contribution is -2.29. The number of aryl methyl sites for hydroxylation is 1. The Morgan fingerprint density at radius 3 is 2.75 bits per heavy atom. The molecule has 0 N–H and O–H groups in total. The molecule has 1 fully saturated rings. The summed E-state index contributed by atoms with van der Waals surface area (Å²) in [7, 11) is 3.18. The fourth-order valence-electron chi connectivity index (χ4n) is 2.48. The van der Waals surface area contributed by atoms with Crippen LogP contribution in [0.25, 0.3) is 6.08 Å². The molecular formula is C19H20N4O3S2. The van der Waals surface area contributed by atoms with Crippen LogP contribution in [0.4, 0.5) is 5.13 Å². The van der Waals surface area contributed by atoms with Gasteiger partial charge in [-0.25, -0.2) is 0 Å². The molecule has 2 heterocycles. The van der Waals surface area contributed by atoms with Gasteiger partial charge in [0.05, 0.1) is 19.1 Å². The standard InChI is InChI=1S/C19H20N4O3S2/c1-5-9-23-17(24)15(10-12-7-8-13(25-3)11-14(12)26-4)27-19(23)20-18-22-21-16(6-2)28-18/h5,7-8,10-11H,1,6,9H2,2-4H3/b15-10+,20-19?. The third kappa shape index (κ3) is 4.26. The van der Waals surface area contributed by atoms with Crippen LogP contribution in [-0.2, 0) is 11.2 Å². The molecular weight excluding hydrogens is 396 g/mol. The van der Waals surface area contributed by atoms with Crippen LogP contribution in [-0.4, -0.2) is 46.9 Å². The summed E-state index contributed by atoms with van der Waals surface area (Å²) in [5.41, 5.74) is 0.781. The summed E-state index contributed by atoms with van der Waals surface area (Å²) in [4.78, 5) is 19.5. The Kier molecular flexibility index (Phi) is 6.48. The SMILES string of the molecule is C=CCN1C(=O)/C(=C\c2ccc(OC)cc2OC)SC1=Nc1nnc(CC)s1. The number of thioether (sulfide) groups is 1. The van der Waals surface area contributed by atoms with Gasteiger partial charge in [0, 0.05) is 18.2 Å². The highest BCUT2D eigenvalue weighted by Gasteiger charge is 2.33. The third-order valence-corrected chi connectivity index (χ3v) is 5.85. The average Bonchev–Trinajstić information content (AvgIpc) is 3.28. The maximum Gasteiger partial charge on any atom is 0.267 e. The summed E-state index contributed by atoms with van der Waals surface area (Å²) in [5, 5.41) is 10.1. The zero-order valence-corrected chi connectivity index (χ0v) is 17.5. The Morgan fingerprint density at radius 2 is 2.11 bits per heavy atom. The maximum absolute atomic E-state index is 12.9. The number of nitrogens with zero attached hydrogens (tertiary/aromatic N) is 4. The zero-order valence-electron chi connectivity index (χ0n) is 15.8. The molecule has 0 spiro atoms. The van der Waals surface area contributed by atoms with Crippen molar-refractivity contribution in [3.05, 3.63) is 46.3 Å². The third-order valence-electron chi connectivity index (χ3n) is 3.88. The van der Waals surface area contributed by atoms with Gasteiger partial charge in [0.25, 0.3) is 5.91 Å². The monoisotopic (exact) mass is 416 g/mol. The van der Waals surface area contributed by atoms with Crippen molar-refractivity contribution in [1.82, 2.24) is 15.1 Å². The molecule has 7 nitrogen and oxygen atoms in total. The molecule has 2 aromatic rings. The van der Waals surface area contributed by atoms with Gasteiger partial charge in [0.2, 0.25) is 5.13 Å². The second kappa shape index (κ2) is 9.03. The van der Waals surface area contributed by atoms with Crippen molar-refractivity contribution in [2.45, 2.75) is 13.3 Å². The van der Waals surface area contributed by atoms with Crippen molar-refractivity contribution in [2.75, 3.05) is 20.8 Å². The smallest absolute Gasteiger partial charge is 0.267 e. The molecule has 1 aromatic heterocycles. The van der Waals surface area contributed by atoms with Crippen molar-refractivity contribution in [3.63, 3.8) is 0 Å². The molecule has 0 atom stereocenters. The second-order valence-electron chi connectivity index (χ2n) is 5.65. The highest BCUT2D eigenvalue weighted by molar-refractivity contribution is 8.18. The van der Waals surface area contributed by atoms with Crippen LogP contribution >= 0.6 is 23.1 Å². The van der Waals surface area contributed by atoms with Crippen LogP contribution in [0.15, 0.2) is 40.8 Å². The minimum absolute atomic E-state index is 0.137. The van der Waals surface area contributed by atoms with Crippen LogP contribution in [0.3, 0.4) is 0 Å². The van der Waals surface area contributed by atoms with Crippen LogP contribution in [0.2, 0.25) is 0 Å². The van der Waals surface area contributed by atoms with E-state index in [1.807, 2.05) is 19.1 Å². The van der Waals surface area contributed by atoms with Crippen molar-refractivity contribution in [1.29, 1.82) is 0 Å². The summed E-state index contributed by atoms with van der Waals surface area (Å²) >= 11 is 2.71. The Morgan fingerprint density at radius 1 is 1.29 bits per heavy atom. The summed E-state index contributed by atoms with van der Waals surface area (Å²) in [6.07, 6.45) is 4.26. The Hall–Kier alpha value is -2.65. The summed E-state index contributed by atoms with van der Waals surface area (Å²) in [6, 6.07) is 5.45. The van der Waals surface area contributed by atoms with Gasteiger partial charge in [-0.3, -0.25) is 9.69 Å². The topological polar surface area (TPSA) is 76.9 Å². The van der Waals surface area contributed by atoms with E-state index < -0.39 is 0 Å². The highest BCUT2D eigenvalue weighted by Crippen LogP contribution is 2.36. The number of ether oxygens (including phenoxy) is 2. The first-order valence-electron chi connectivity index (χ1n) is 8.55. The van der Waals surface area contributed by atoms with E-state index in [1.54, 1.807) is 37.3 Å². The van der Waals surface area contributed by atoms with Gasteiger partial charge in [-0.05, 0) is 36.4 Å². The number of benzene rings is 1. The van der Waals surface area contributed by atoms with Crippen molar-refractivity contribution >= 4 is 45.4 Å². The van der Waals surface area contributed by atoms with Crippen LogP contribution in [0.5, 0.6) is 11.5 Å². The van der Waals surface area contributed by atoms with Crippen LogP contribution in [0.1, 0.15) is 17.5 Å². The summed E-state index contributed by atoms with van der Waals surface area (Å²) in [5.74, 6) is 1.17. The van der Waals surface area contributed by atoms with Crippen LogP contribution < -0.4 is 9.47 Å². The predicted octanol–water partition coefficient (Wildman–Crippen LogP) is 3.91. The molecule has 9 heteroatoms. The number of rotatable bonds is 7. The van der Waals surface area contributed by atoms with E-state index in [0.717, 1.165) is 17.0 Å². The van der Waals surface area contributed by atoms with Gasteiger partial charge in [-0.2, -0.15) is 4.99 Å². The first-order valence-corrected chi connectivity index (χ1v) is 10.2. The minimum Gasteiger partial charge on any atom is -0.497 e. The fourth-order valence-corrected chi connectivity index (χ4v) is 4.16. The second-order valence-corrected chi connectivity index (χ2v) is 7.70. The van der Waals surface area contributed by atoms with Gasteiger partial charge in [-0.1, -0.05) is 24.3 Å². The highest BCUT2D eigenvalue weighted by atomic mass is 32.2. The Balaban J connectivity index is 1.95. The maximum atomic E-state index is 12.9. The molecule has 0 saturated carbocycles. The number of carbonyl (C=O) groups is 1. The number of methoxy groups -OCH3 is 2. The Labute approximate surface area is 171 Å². The van der Waals surface area contributed by atoms with E-state index in [4.69, 9.17) is 9.47 Å². The van der Waals surface area contributed by atoms with Gasteiger partial charge in [-0.15, -0.1) is 16.8 Å². The fraction of sp³-hybridized carbons (Fsp3) is 0.263.